The van der Waals surface area contributed by atoms with E-state index < -0.39 is 5.97 Å². The first kappa shape index (κ1) is 20.6. The van der Waals surface area contributed by atoms with E-state index in [2.05, 4.69) is 36.9 Å². The maximum atomic E-state index is 10.5. The molecule has 2 saturated heterocycles. The molecule has 2 heterocycles. The molecule has 2 aliphatic heterocycles. The molecule has 1 saturated carbocycles. The summed E-state index contributed by atoms with van der Waals surface area (Å²) >= 11 is 2.14. The van der Waals surface area contributed by atoms with Gasteiger partial charge in [0.25, 0.3) is 0 Å². The molecule has 142 valence electrons. The van der Waals surface area contributed by atoms with E-state index in [1.165, 1.54) is 25.7 Å². The molecule has 4 heteroatoms. The molecule has 0 spiro atoms. The van der Waals surface area contributed by atoms with Crippen LogP contribution in [0.1, 0.15) is 71.1 Å². The Morgan fingerprint density at radius 2 is 2.04 bits per heavy atom. The Bertz CT molecular complexity index is 454. The molecule has 0 aromatic rings. The van der Waals surface area contributed by atoms with Gasteiger partial charge in [-0.2, -0.15) is 11.8 Å². The summed E-state index contributed by atoms with van der Waals surface area (Å²) in [5.41, 5.74) is 0. The van der Waals surface area contributed by atoms with Crippen LogP contribution in [0.15, 0.2) is 24.3 Å². The number of carboxylic acid groups (broad SMARTS) is 1. The van der Waals surface area contributed by atoms with Gasteiger partial charge < -0.3 is 10.2 Å². The van der Waals surface area contributed by atoms with E-state index in [1.807, 2.05) is 6.08 Å². The molecule has 3 rings (SSSR count). The van der Waals surface area contributed by atoms with Crippen LogP contribution in [-0.4, -0.2) is 32.8 Å². The number of rotatable bonds is 12. The Morgan fingerprint density at radius 3 is 2.76 bits per heavy atom. The van der Waals surface area contributed by atoms with Crippen LogP contribution < -0.4 is 0 Å². The minimum Gasteiger partial charge on any atom is -0.481 e. The predicted octanol–water partition coefficient (Wildman–Crippen LogP) is 5.20. The van der Waals surface area contributed by atoms with Gasteiger partial charge in [-0.25, -0.2) is 0 Å². The molecule has 0 radical (unpaired) electrons. The molecular formula is C21H34O3S. The average molecular weight is 367 g/mol. The van der Waals surface area contributed by atoms with Crippen molar-refractivity contribution < 1.29 is 15.0 Å². The van der Waals surface area contributed by atoms with E-state index in [4.69, 9.17) is 5.11 Å². The second-order valence-electron chi connectivity index (χ2n) is 7.54. The standard InChI is InChI=1S/C21H34O3S/c1-2-3-6-9-17(22)13-12-16-14-18-15-20(25-18)19(16)10-7-4-5-8-11-21(23)24/h4,7,12-13,16-20,22H,2-3,5-6,8-11,14-15H2,1H3,(H,23,24)/t16-,17-,18?,19+,20?/m0/s1. The van der Waals surface area contributed by atoms with Crippen molar-refractivity contribution in [1.82, 2.24) is 0 Å². The van der Waals surface area contributed by atoms with Crippen LogP contribution in [0, 0.1) is 11.8 Å². The number of fused-ring (bicyclic) bond motifs is 2. The third-order valence-corrected chi connectivity index (χ3v) is 7.11. The first-order valence-corrected chi connectivity index (χ1v) is 10.9. The van der Waals surface area contributed by atoms with Crippen molar-refractivity contribution in [3.63, 3.8) is 0 Å². The number of aliphatic carboxylic acids is 1. The average Bonchev–Trinajstić information content (AvgIpc) is 2.55. The molecule has 5 atom stereocenters. The molecule has 2 unspecified atom stereocenters. The maximum Gasteiger partial charge on any atom is 0.303 e. The lowest BCUT2D eigenvalue weighted by atomic mass is 9.75. The summed E-state index contributed by atoms with van der Waals surface area (Å²) in [6, 6.07) is 0. The molecule has 2 bridgehead atoms. The number of aliphatic hydroxyl groups is 1. The molecular weight excluding hydrogens is 332 g/mol. The fourth-order valence-corrected chi connectivity index (χ4v) is 5.58. The topological polar surface area (TPSA) is 57.5 Å². The summed E-state index contributed by atoms with van der Waals surface area (Å²) < 4.78 is 0. The summed E-state index contributed by atoms with van der Waals surface area (Å²) in [6.45, 7) is 2.19. The number of aliphatic hydroxyl groups excluding tert-OH is 1. The summed E-state index contributed by atoms with van der Waals surface area (Å²) in [4.78, 5) is 10.5. The quantitative estimate of drug-likeness (QED) is 0.368. The number of thioether (sulfide) groups is 1. The van der Waals surface area contributed by atoms with E-state index in [9.17, 15) is 9.90 Å². The highest BCUT2D eigenvalue weighted by molar-refractivity contribution is 8.01. The molecule has 25 heavy (non-hydrogen) atoms. The predicted molar refractivity (Wildman–Crippen MR) is 106 cm³/mol. The molecule has 0 aromatic heterocycles. The van der Waals surface area contributed by atoms with E-state index in [0.29, 0.717) is 11.8 Å². The van der Waals surface area contributed by atoms with Crippen molar-refractivity contribution in [2.75, 3.05) is 0 Å². The number of allylic oxidation sites excluding steroid dienone is 3. The lowest BCUT2D eigenvalue weighted by Gasteiger charge is -2.49. The normalized spacial score (nSPS) is 29.8. The van der Waals surface area contributed by atoms with Gasteiger partial charge in [-0.3, -0.25) is 4.79 Å². The minimum absolute atomic E-state index is 0.259. The highest BCUT2D eigenvalue weighted by Gasteiger charge is 2.44. The van der Waals surface area contributed by atoms with Gasteiger partial charge in [0.1, 0.15) is 0 Å². The van der Waals surface area contributed by atoms with Crippen molar-refractivity contribution >= 4 is 17.7 Å². The molecule has 3 aliphatic rings. The molecule has 0 aromatic carbocycles. The van der Waals surface area contributed by atoms with Crippen LogP contribution in [0.4, 0.5) is 0 Å². The van der Waals surface area contributed by atoms with Crippen LogP contribution in [0.25, 0.3) is 0 Å². The van der Waals surface area contributed by atoms with Gasteiger partial charge in [0.2, 0.25) is 0 Å². The Kier molecular flexibility index (Phi) is 9.11. The Hall–Kier alpha value is -0.740. The first-order chi connectivity index (χ1) is 12.1. The fourth-order valence-electron chi connectivity index (χ4n) is 3.94. The fraction of sp³-hybridized carbons (Fsp3) is 0.762. The molecule has 3 nitrogen and oxygen atoms in total. The van der Waals surface area contributed by atoms with Crippen LogP contribution >= 0.6 is 11.8 Å². The van der Waals surface area contributed by atoms with Gasteiger partial charge in [0, 0.05) is 16.9 Å². The van der Waals surface area contributed by atoms with E-state index in [-0.39, 0.29) is 12.5 Å². The van der Waals surface area contributed by atoms with Gasteiger partial charge in [0.05, 0.1) is 6.10 Å². The van der Waals surface area contributed by atoms with Gasteiger partial charge in [-0.1, -0.05) is 50.5 Å². The highest BCUT2D eigenvalue weighted by atomic mass is 32.2. The smallest absolute Gasteiger partial charge is 0.303 e. The first-order valence-electron chi connectivity index (χ1n) is 9.98. The number of hydrogen-bond acceptors (Lipinski definition) is 3. The highest BCUT2D eigenvalue weighted by Crippen LogP contribution is 2.54. The van der Waals surface area contributed by atoms with Gasteiger partial charge in [-0.05, 0) is 50.4 Å². The second kappa shape index (κ2) is 11.1. The van der Waals surface area contributed by atoms with E-state index in [0.717, 1.165) is 42.6 Å². The number of carbonyl (C=O) groups is 1. The number of carboxylic acids is 1. The van der Waals surface area contributed by atoms with Crippen molar-refractivity contribution in [1.29, 1.82) is 0 Å². The van der Waals surface area contributed by atoms with Crippen molar-refractivity contribution in [2.45, 2.75) is 87.7 Å². The third kappa shape index (κ3) is 7.18. The third-order valence-electron chi connectivity index (χ3n) is 5.45. The van der Waals surface area contributed by atoms with Crippen molar-refractivity contribution in [3.8, 4) is 0 Å². The van der Waals surface area contributed by atoms with Crippen LogP contribution in [0.3, 0.4) is 0 Å². The SMILES string of the molecule is CCCCC[C@H](O)C=C[C@H]1CC2CC(S2)[C@@H]1CC=CCCCC(=O)O. The summed E-state index contributed by atoms with van der Waals surface area (Å²) in [5.74, 6) is 0.555. The maximum absolute atomic E-state index is 10.5. The molecule has 3 fully saturated rings. The van der Waals surface area contributed by atoms with Gasteiger partial charge >= 0.3 is 5.97 Å². The van der Waals surface area contributed by atoms with Crippen molar-refractivity contribution in [2.24, 2.45) is 11.8 Å². The summed E-state index contributed by atoms with van der Waals surface area (Å²) in [6.07, 6.45) is 18.4. The minimum atomic E-state index is -0.708. The molecule has 1 aliphatic carbocycles. The van der Waals surface area contributed by atoms with Crippen LogP contribution in [0.5, 0.6) is 0 Å². The Labute approximate surface area is 157 Å². The van der Waals surface area contributed by atoms with Crippen LogP contribution in [0.2, 0.25) is 0 Å². The summed E-state index contributed by atoms with van der Waals surface area (Å²) in [7, 11) is 0. The molecule has 2 N–H and O–H groups in total. The molecule has 0 amide bonds. The second-order valence-corrected chi connectivity index (χ2v) is 9.08. The monoisotopic (exact) mass is 366 g/mol. The largest absolute Gasteiger partial charge is 0.481 e. The van der Waals surface area contributed by atoms with Crippen molar-refractivity contribution in [3.05, 3.63) is 24.3 Å². The zero-order valence-corrected chi connectivity index (χ0v) is 16.3. The van der Waals surface area contributed by atoms with Gasteiger partial charge in [-0.15, -0.1) is 0 Å². The van der Waals surface area contributed by atoms with E-state index in [1.54, 1.807) is 0 Å². The zero-order chi connectivity index (χ0) is 18.1. The Morgan fingerprint density at radius 1 is 1.24 bits per heavy atom. The lowest BCUT2D eigenvalue weighted by molar-refractivity contribution is -0.137. The lowest BCUT2D eigenvalue weighted by Crippen LogP contribution is -2.44. The van der Waals surface area contributed by atoms with Crippen LogP contribution in [-0.2, 0) is 4.79 Å². The van der Waals surface area contributed by atoms with Gasteiger partial charge in [0.15, 0.2) is 0 Å². The zero-order valence-electron chi connectivity index (χ0n) is 15.5. The summed E-state index contributed by atoms with van der Waals surface area (Å²) in [5, 5.41) is 20.4. The number of hydrogen-bond donors (Lipinski definition) is 2. The Balaban J connectivity index is 1.76. The van der Waals surface area contributed by atoms with E-state index >= 15 is 0 Å². The number of unbranched alkanes of at least 4 members (excludes halogenated alkanes) is 3.